The Balaban J connectivity index is 2.39. The van der Waals surface area contributed by atoms with Crippen molar-refractivity contribution in [2.24, 2.45) is 0 Å². The molecule has 0 N–H and O–H groups in total. The summed E-state index contributed by atoms with van der Waals surface area (Å²) in [5, 5.41) is 0.905. The average molecular weight is 342 g/mol. The summed E-state index contributed by atoms with van der Waals surface area (Å²) >= 11 is 2.30. The molecule has 0 fully saturated rings. The first-order valence-electron chi connectivity index (χ1n) is 5.49. The molecule has 3 nitrogen and oxygen atoms in total. The predicted octanol–water partition coefficient (Wildman–Crippen LogP) is 2.84. The van der Waals surface area contributed by atoms with Crippen LogP contribution in [0.1, 0.15) is 11.1 Å². The van der Waals surface area contributed by atoms with Crippen molar-refractivity contribution < 1.29 is 9.15 Å². The van der Waals surface area contributed by atoms with E-state index >= 15 is 0 Å². The molecule has 0 aliphatic carbocycles. The number of para-hydroxylation sites is 1. The molecule has 2 heterocycles. The van der Waals surface area contributed by atoms with E-state index in [1.807, 2.05) is 25.1 Å². The monoisotopic (exact) mass is 342 g/mol. The van der Waals surface area contributed by atoms with Gasteiger partial charge in [0, 0.05) is 3.92 Å². The van der Waals surface area contributed by atoms with Crippen molar-refractivity contribution in [1.82, 2.24) is 0 Å². The van der Waals surface area contributed by atoms with Crippen molar-refractivity contribution in [3.05, 3.63) is 39.7 Å². The van der Waals surface area contributed by atoms with Crippen molar-refractivity contribution in [2.75, 3.05) is 6.61 Å². The molecule has 0 saturated heterocycles. The van der Waals surface area contributed by atoms with E-state index in [1.165, 1.54) is 0 Å². The molecule has 17 heavy (non-hydrogen) atoms. The highest BCUT2D eigenvalue weighted by Crippen LogP contribution is 2.33. The molecule has 0 saturated carbocycles. The first-order valence-corrected chi connectivity index (χ1v) is 6.73. The van der Waals surface area contributed by atoms with E-state index in [0.29, 0.717) is 27.4 Å². The molecule has 1 unspecified atom stereocenters. The van der Waals surface area contributed by atoms with E-state index < -0.39 is 0 Å². The molecule has 1 atom stereocenters. The molecule has 4 heteroatoms. The van der Waals surface area contributed by atoms with Gasteiger partial charge in [0.15, 0.2) is 0 Å². The van der Waals surface area contributed by atoms with Gasteiger partial charge < -0.3 is 9.15 Å². The zero-order chi connectivity index (χ0) is 12.0. The standard InChI is InChI=1S/C13H11IO3/c1-7-3-2-4-9-11(7)17-13(15)10-5-8(14)6-16-12(9)10/h2-4,8H,5-6H2,1H3. The second-order valence-electron chi connectivity index (χ2n) is 4.26. The fraction of sp³-hybridized carbons (Fsp3) is 0.308. The van der Waals surface area contributed by atoms with Crippen LogP contribution < -0.4 is 10.4 Å². The van der Waals surface area contributed by atoms with Gasteiger partial charge >= 0.3 is 5.63 Å². The molecule has 1 aliphatic heterocycles. The van der Waals surface area contributed by atoms with Crippen LogP contribution in [-0.2, 0) is 6.42 Å². The van der Waals surface area contributed by atoms with Crippen LogP contribution in [0.4, 0.5) is 0 Å². The molecule has 88 valence electrons. The van der Waals surface area contributed by atoms with Crippen molar-refractivity contribution in [2.45, 2.75) is 17.3 Å². The summed E-state index contributed by atoms with van der Waals surface area (Å²) in [5.74, 6) is 0.716. The maximum Gasteiger partial charge on any atom is 0.343 e. The normalized spacial score (nSPS) is 18.8. The van der Waals surface area contributed by atoms with E-state index in [2.05, 4.69) is 22.6 Å². The molecule has 1 aliphatic rings. The summed E-state index contributed by atoms with van der Waals surface area (Å²) in [6.07, 6.45) is 0.724. The van der Waals surface area contributed by atoms with Crippen LogP contribution in [0.2, 0.25) is 0 Å². The van der Waals surface area contributed by atoms with E-state index in [9.17, 15) is 4.79 Å². The highest BCUT2D eigenvalue weighted by atomic mass is 127. The van der Waals surface area contributed by atoms with Crippen LogP contribution >= 0.6 is 22.6 Å². The van der Waals surface area contributed by atoms with Gasteiger partial charge in [-0.15, -0.1) is 0 Å². The van der Waals surface area contributed by atoms with E-state index in [-0.39, 0.29) is 5.63 Å². The Morgan fingerprint density at radius 3 is 3.06 bits per heavy atom. The lowest BCUT2D eigenvalue weighted by Crippen LogP contribution is -2.25. The quantitative estimate of drug-likeness (QED) is 0.420. The van der Waals surface area contributed by atoms with Crippen LogP contribution in [0.3, 0.4) is 0 Å². The number of benzene rings is 1. The van der Waals surface area contributed by atoms with Crippen molar-refractivity contribution in [3.8, 4) is 5.75 Å². The second-order valence-corrected chi connectivity index (χ2v) is 6.02. The number of halogens is 1. The van der Waals surface area contributed by atoms with E-state index in [4.69, 9.17) is 9.15 Å². The highest BCUT2D eigenvalue weighted by molar-refractivity contribution is 14.1. The Hall–Kier alpha value is -1.04. The molecular weight excluding hydrogens is 331 g/mol. The summed E-state index contributed by atoms with van der Waals surface area (Å²) in [6, 6.07) is 5.83. The first kappa shape index (κ1) is 11.1. The molecule has 1 aromatic heterocycles. The summed E-state index contributed by atoms with van der Waals surface area (Å²) in [6.45, 7) is 2.58. The number of fused-ring (bicyclic) bond motifs is 3. The number of ether oxygens (including phenoxy) is 1. The molecule has 0 spiro atoms. The molecule has 0 radical (unpaired) electrons. The molecule has 1 aromatic carbocycles. The third kappa shape index (κ3) is 1.74. The molecule has 3 rings (SSSR count). The fourth-order valence-corrected chi connectivity index (χ4v) is 2.79. The van der Waals surface area contributed by atoms with Gasteiger partial charge in [-0.1, -0.05) is 34.7 Å². The van der Waals surface area contributed by atoms with Crippen LogP contribution in [0.25, 0.3) is 11.0 Å². The largest absolute Gasteiger partial charge is 0.491 e. The van der Waals surface area contributed by atoms with Gasteiger partial charge in [0.05, 0.1) is 10.9 Å². The molecule has 0 amide bonds. The number of hydrogen-bond acceptors (Lipinski definition) is 3. The van der Waals surface area contributed by atoms with Crippen molar-refractivity contribution >= 4 is 33.6 Å². The minimum atomic E-state index is -0.261. The molecule has 2 aromatic rings. The van der Waals surface area contributed by atoms with Gasteiger partial charge in [0.1, 0.15) is 17.9 Å². The van der Waals surface area contributed by atoms with Gasteiger partial charge in [0.25, 0.3) is 0 Å². The maximum absolute atomic E-state index is 11.9. The number of alkyl halides is 1. The Labute approximate surface area is 112 Å². The third-order valence-electron chi connectivity index (χ3n) is 3.01. The lowest BCUT2D eigenvalue weighted by atomic mass is 10.0. The van der Waals surface area contributed by atoms with Crippen LogP contribution in [0.15, 0.2) is 27.4 Å². The van der Waals surface area contributed by atoms with Crippen LogP contribution in [0.5, 0.6) is 5.75 Å². The van der Waals surface area contributed by atoms with Crippen molar-refractivity contribution in [3.63, 3.8) is 0 Å². The number of aryl methyl sites for hydroxylation is 1. The SMILES string of the molecule is Cc1cccc2c3c(c(=O)oc12)CC(I)CO3. The van der Waals surface area contributed by atoms with Gasteiger partial charge in [-0.3, -0.25) is 0 Å². The van der Waals surface area contributed by atoms with E-state index in [1.54, 1.807) is 0 Å². The Kier molecular flexibility index (Phi) is 2.61. The lowest BCUT2D eigenvalue weighted by Gasteiger charge is -2.21. The summed E-state index contributed by atoms with van der Waals surface area (Å²) < 4.78 is 11.5. The number of rotatable bonds is 0. The number of hydrogen-bond donors (Lipinski definition) is 0. The lowest BCUT2D eigenvalue weighted by molar-refractivity contribution is 0.297. The fourth-order valence-electron chi connectivity index (χ4n) is 2.17. The first-order chi connectivity index (χ1) is 8.16. The van der Waals surface area contributed by atoms with Gasteiger partial charge in [-0.05, 0) is 25.0 Å². The third-order valence-corrected chi connectivity index (χ3v) is 3.81. The highest BCUT2D eigenvalue weighted by Gasteiger charge is 2.24. The smallest absolute Gasteiger partial charge is 0.343 e. The summed E-state index contributed by atoms with van der Waals surface area (Å²) in [5.41, 5.74) is 2.02. The Bertz CT molecular complexity index is 645. The van der Waals surface area contributed by atoms with Gasteiger partial charge in [-0.2, -0.15) is 0 Å². The second kappa shape index (κ2) is 4.01. The minimum absolute atomic E-state index is 0.261. The molecule has 0 bridgehead atoms. The summed E-state index contributed by atoms with van der Waals surface area (Å²) in [7, 11) is 0. The minimum Gasteiger partial charge on any atom is -0.491 e. The average Bonchev–Trinajstić information content (AvgIpc) is 2.31. The predicted molar refractivity (Wildman–Crippen MR) is 74.2 cm³/mol. The maximum atomic E-state index is 11.9. The van der Waals surface area contributed by atoms with Gasteiger partial charge in [0.2, 0.25) is 0 Å². The van der Waals surface area contributed by atoms with Crippen molar-refractivity contribution in [1.29, 1.82) is 0 Å². The Morgan fingerprint density at radius 1 is 1.41 bits per heavy atom. The van der Waals surface area contributed by atoms with Crippen LogP contribution in [-0.4, -0.2) is 10.5 Å². The van der Waals surface area contributed by atoms with Crippen LogP contribution in [0, 0.1) is 6.92 Å². The zero-order valence-electron chi connectivity index (χ0n) is 9.33. The summed E-state index contributed by atoms with van der Waals surface area (Å²) in [4.78, 5) is 11.9. The topological polar surface area (TPSA) is 39.4 Å². The molecular formula is C13H11IO3. The zero-order valence-corrected chi connectivity index (χ0v) is 11.5. The Morgan fingerprint density at radius 2 is 2.24 bits per heavy atom. The van der Waals surface area contributed by atoms with Gasteiger partial charge in [-0.25, -0.2) is 4.79 Å². The van der Waals surface area contributed by atoms with E-state index in [0.717, 1.165) is 17.4 Å².